The number of nitrogens with zero attached hydrogens (tertiary/aromatic N) is 9. The number of likely N-dealkylation sites (N-methyl/N-ethyl adjacent to an activating group) is 1. The van der Waals surface area contributed by atoms with Crippen LogP contribution in [-0.4, -0.2) is 106 Å². The third-order valence-corrected chi connectivity index (χ3v) is 11.7. The molecule has 0 amide bonds. The number of hydrogen-bond acceptors (Lipinski definition) is 17. The first-order valence-corrected chi connectivity index (χ1v) is 22.3. The van der Waals surface area contributed by atoms with Gasteiger partial charge in [0, 0.05) is 59.6 Å². The van der Waals surface area contributed by atoms with Crippen molar-refractivity contribution in [3.63, 3.8) is 0 Å². The average Bonchev–Trinajstić information content (AvgIpc) is 3.30. The Hall–Kier alpha value is -5.88. The summed E-state index contributed by atoms with van der Waals surface area (Å²) >= 11 is 9.82. The lowest BCUT2D eigenvalue weighted by Crippen LogP contribution is -2.44. The maximum Gasteiger partial charge on any atom is 0.416 e. The molecule has 24 heteroatoms. The van der Waals surface area contributed by atoms with Gasteiger partial charge in [-0.05, 0) is 63.5 Å². The van der Waals surface area contributed by atoms with E-state index in [0.29, 0.717) is 28.8 Å². The molecule has 360 valence electrons. The second-order valence-electron chi connectivity index (χ2n) is 14.9. The number of nitrogens with one attached hydrogen (secondary N) is 3. The van der Waals surface area contributed by atoms with Crippen molar-refractivity contribution in [3.05, 3.63) is 104 Å². The fraction of sp³-hybridized carbons (Fsp3) is 0.395. The van der Waals surface area contributed by atoms with Gasteiger partial charge in [0.1, 0.15) is 18.1 Å². The number of hydrogen-bond donors (Lipinski definition) is 5. The Morgan fingerprint density at radius 2 is 1.72 bits per heavy atom. The molecular formula is C43H49BrClF5N12O5. The van der Waals surface area contributed by atoms with Gasteiger partial charge in [-0.15, -0.1) is 0 Å². The second-order valence-corrected chi connectivity index (χ2v) is 16.2. The average molecular weight is 1020 g/mol. The van der Waals surface area contributed by atoms with Crippen molar-refractivity contribution in [2.75, 3.05) is 78.6 Å². The molecule has 0 radical (unpaired) electrons. The minimum absolute atomic E-state index is 0.0309. The molecule has 1 aliphatic carbocycles. The van der Waals surface area contributed by atoms with Crippen LogP contribution in [0.4, 0.5) is 51.2 Å². The molecule has 0 saturated carbocycles. The number of allylic oxidation sites excluding steroid dienone is 3. The molecule has 2 aromatic carbocycles. The van der Waals surface area contributed by atoms with Crippen molar-refractivity contribution in [2.45, 2.75) is 53.2 Å². The molecule has 2 aromatic heterocycles. The van der Waals surface area contributed by atoms with E-state index in [2.05, 4.69) is 81.1 Å². The second kappa shape index (κ2) is 23.2. The lowest BCUT2D eigenvalue weighted by atomic mass is 9.90. The SMILES string of the molecule is CCN(CC)C1=CC(OC2CN(c3nc(N/N=C/c4cc(Br)c(CONc5cccc(C(F)(F)F)c5)c(Cl)c4O)ncc3F)CCO2)=C(/C=N\Nc2ncc(F)c(N(CC)CCO)n2)[C@@H](C)C1. The number of hydrazone groups is 2. The number of aliphatic hydroxyl groups is 1. The lowest BCUT2D eigenvalue weighted by molar-refractivity contribution is -0.137. The fourth-order valence-corrected chi connectivity index (χ4v) is 8.03. The molecule has 67 heavy (non-hydrogen) atoms. The Bertz CT molecular complexity index is 2480. The number of anilines is 5. The fourth-order valence-electron chi connectivity index (χ4n) is 7.10. The van der Waals surface area contributed by atoms with E-state index < -0.39 is 29.7 Å². The number of rotatable bonds is 20. The number of halogens is 7. The van der Waals surface area contributed by atoms with Crippen LogP contribution in [0.2, 0.25) is 5.02 Å². The van der Waals surface area contributed by atoms with Gasteiger partial charge in [0.15, 0.2) is 23.3 Å². The summed E-state index contributed by atoms with van der Waals surface area (Å²) in [5.74, 6) is -1.31. The number of ether oxygens (including phenoxy) is 2. The zero-order valence-corrected chi connectivity index (χ0v) is 39.1. The van der Waals surface area contributed by atoms with Crippen molar-refractivity contribution < 1.29 is 46.5 Å². The standard InChI is InChI=1S/C43H49BrClF5N12O5/c1-5-60(6-2)29-15-25(4)30(20-54-58-41-51-21-33(46)39(55-41)61(7-3)11-13-63)35(18-29)67-36-23-62(12-14-65-36)40-34(47)22-52-42(56-40)57-53-19-26-16-32(44)31(37(45)38(26)64)24-66-59-28-10-8-9-27(17-28)43(48,49)50/h8-10,16-22,25,36,59,63-64H,5-7,11-15,23-24H2,1-4H3,(H,51,55,58)(H,52,56,57)/b53-19+,54-20-/t25-,36?/m0/s1. The van der Waals surface area contributed by atoms with Gasteiger partial charge in [-0.3, -0.25) is 10.3 Å². The van der Waals surface area contributed by atoms with Crippen molar-refractivity contribution in [3.8, 4) is 5.75 Å². The molecule has 6 rings (SSSR count). The predicted octanol–water partition coefficient (Wildman–Crippen LogP) is 8.29. The van der Waals surface area contributed by atoms with Gasteiger partial charge in [0.2, 0.25) is 18.2 Å². The summed E-state index contributed by atoms with van der Waals surface area (Å²) in [6.07, 6.45) is 2.09. The first-order valence-electron chi connectivity index (χ1n) is 21.1. The van der Waals surface area contributed by atoms with Crippen LogP contribution in [0.1, 0.15) is 50.8 Å². The summed E-state index contributed by atoms with van der Waals surface area (Å²) in [4.78, 5) is 27.5. The molecular weight excluding hydrogens is 975 g/mol. The van der Waals surface area contributed by atoms with Crippen LogP contribution in [0.15, 0.2) is 80.5 Å². The van der Waals surface area contributed by atoms with E-state index in [1.807, 2.05) is 19.9 Å². The third-order valence-electron chi connectivity index (χ3n) is 10.5. The molecule has 1 aliphatic heterocycles. The molecule has 4 aromatic rings. The number of phenols is 1. The molecule has 3 heterocycles. The number of alkyl halides is 3. The molecule has 1 saturated heterocycles. The lowest BCUT2D eigenvalue weighted by Gasteiger charge is -2.36. The van der Waals surface area contributed by atoms with E-state index in [1.54, 1.807) is 16.0 Å². The van der Waals surface area contributed by atoms with Gasteiger partial charge in [-0.1, -0.05) is 40.5 Å². The number of aliphatic hydroxyl groups excluding tert-OH is 1. The summed E-state index contributed by atoms with van der Waals surface area (Å²) in [7, 11) is 0. The highest BCUT2D eigenvalue weighted by molar-refractivity contribution is 9.10. The molecule has 1 fully saturated rings. The highest BCUT2D eigenvalue weighted by Crippen LogP contribution is 2.37. The van der Waals surface area contributed by atoms with Crippen LogP contribution in [0.5, 0.6) is 5.75 Å². The maximum absolute atomic E-state index is 15.4. The number of phenolic OH excluding ortho intramolecular Hbond substituents is 1. The van der Waals surface area contributed by atoms with Gasteiger partial charge in [-0.2, -0.15) is 33.3 Å². The monoisotopic (exact) mass is 1020 g/mol. The van der Waals surface area contributed by atoms with E-state index >= 15 is 4.39 Å². The highest BCUT2D eigenvalue weighted by atomic mass is 79.9. The Morgan fingerprint density at radius 3 is 2.42 bits per heavy atom. The van der Waals surface area contributed by atoms with Crippen molar-refractivity contribution in [1.29, 1.82) is 0 Å². The number of aromatic hydroxyl groups is 1. The van der Waals surface area contributed by atoms with Crippen LogP contribution in [-0.2, 0) is 27.1 Å². The molecule has 5 N–H and O–H groups in total. The quantitative estimate of drug-likeness (QED) is 0.0323. The first-order chi connectivity index (χ1) is 32.1. The normalized spacial score (nSPS) is 16.7. The zero-order chi connectivity index (χ0) is 48.3. The van der Waals surface area contributed by atoms with E-state index in [0.717, 1.165) is 48.9 Å². The van der Waals surface area contributed by atoms with E-state index in [1.165, 1.54) is 24.4 Å². The van der Waals surface area contributed by atoms with Gasteiger partial charge in [-0.25, -0.2) is 29.6 Å². The van der Waals surface area contributed by atoms with Gasteiger partial charge < -0.3 is 34.4 Å². The molecule has 17 nitrogen and oxygen atoms in total. The van der Waals surface area contributed by atoms with Crippen LogP contribution in [0, 0.1) is 17.6 Å². The van der Waals surface area contributed by atoms with E-state index in [9.17, 15) is 27.8 Å². The number of aromatic nitrogens is 4. The van der Waals surface area contributed by atoms with Gasteiger partial charge >= 0.3 is 6.18 Å². The Labute approximate surface area is 396 Å². The Balaban J connectivity index is 1.14. The zero-order valence-electron chi connectivity index (χ0n) is 36.8. The minimum atomic E-state index is -4.53. The highest BCUT2D eigenvalue weighted by Gasteiger charge is 2.31. The molecule has 2 atom stereocenters. The smallest absolute Gasteiger partial charge is 0.416 e. The van der Waals surface area contributed by atoms with Crippen LogP contribution in [0.3, 0.4) is 0 Å². The molecule has 1 unspecified atom stereocenters. The van der Waals surface area contributed by atoms with Crippen LogP contribution >= 0.6 is 27.5 Å². The Kier molecular flexibility index (Phi) is 17.5. The first kappa shape index (κ1) is 50.5. The van der Waals surface area contributed by atoms with Gasteiger partial charge in [0.25, 0.3) is 0 Å². The summed E-state index contributed by atoms with van der Waals surface area (Å²) in [5.41, 5.74) is 9.31. The molecule has 0 spiro atoms. The van der Waals surface area contributed by atoms with E-state index in [-0.39, 0.29) is 90.9 Å². The summed E-state index contributed by atoms with van der Waals surface area (Å²) in [5, 5.41) is 28.7. The van der Waals surface area contributed by atoms with Crippen LogP contribution < -0.4 is 26.1 Å². The van der Waals surface area contributed by atoms with Crippen LogP contribution in [0.25, 0.3) is 0 Å². The van der Waals surface area contributed by atoms with Crippen molar-refractivity contribution in [2.24, 2.45) is 16.1 Å². The molecule has 2 aliphatic rings. The Morgan fingerprint density at radius 1 is 1.01 bits per heavy atom. The van der Waals surface area contributed by atoms with Crippen molar-refractivity contribution >= 4 is 69.2 Å². The van der Waals surface area contributed by atoms with E-state index in [4.69, 9.17) is 25.9 Å². The minimum Gasteiger partial charge on any atom is -0.506 e. The van der Waals surface area contributed by atoms with Gasteiger partial charge in [0.05, 0.1) is 60.9 Å². The topological polar surface area (TPSA) is 190 Å². The number of benzene rings is 2. The summed E-state index contributed by atoms with van der Waals surface area (Å²) in [6.45, 7) is 10.2. The predicted molar refractivity (Wildman–Crippen MR) is 248 cm³/mol. The summed E-state index contributed by atoms with van der Waals surface area (Å²) in [6, 6.07) is 5.94. The number of morpholine rings is 1. The third kappa shape index (κ3) is 13.0. The maximum atomic E-state index is 15.4. The summed E-state index contributed by atoms with van der Waals surface area (Å²) < 4.78 is 82.2. The van der Waals surface area contributed by atoms with Crippen molar-refractivity contribution in [1.82, 2.24) is 24.8 Å². The molecule has 0 bridgehead atoms. The largest absolute Gasteiger partial charge is 0.506 e.